The number of rotatable bonds is 6. The molecule has 6 nitrogen and oxygen atoms in total. The molecule has 0 radical (unpaired) electrons. The molecule has 1 atom stereocenters. The topological polar surface area (TPSA) is 82.5 Å². The highest BCUT2D eigenvalue weighted by Crippen LogP contribution is 2.34. The first-order valence-corrected chi connectivity index (χ1v) is 12.1. The van der Waals surface area contributed by atoms with Gasteiger partial charge in [0.2, 0.25) is 0 Å². The van der Waals surface area contributed by atoms with E-state index in [9.17, 15) is 9.59 Å². The molecule has 156 valence electrons. The van der Waals surface area contributed by atoms with Crippen LogP contribution in [0.4, 0.5) is 9.93 Å². The van der Waals surface area contributed by atoms with Gasteiger partial charge in [-0.05, 0) is 51.4 Å². The summed E-state index contributed by atoms with van der Waals surface area (Å²) in [5.74, 6) is -0.0960. The summed E-state index contributed by atoms with van der Waals surface area (Å²) < 4.78 is 0.806. The van der Waals surface area contributed by atoms with Gasteiger partial charge in [-0.15, -0.1) is 0 Å². The zero-order valence-corrected chi connectivity index (χ0v) is 18.4. The monoisotopic (exact) mass is 425 g/mol. The molecule has 1 heterocycles. The molecule has 0 aromatic carbocycles. The van der Waals surface area contributed by atoms with E-state index in [4.69, 9.17) is 5.11 Å². The number of thiazole rings is 1. The van der Waals surface area contributed by atoms with Gasteiger partial charge >= 0.3 is 12.0 Å². The quantitative estimate of drug-likeness (QED) is 0.592. The maximum Gasteiger partial charge on any atom is 0.324 e. The van der Waals surface area contributed by atoms with Crippen molar-refractivity contribution in [2.45, 2.75) is 93.2 Å². The molecule has 2 saturated carbocycles. The summed E-state index contributed by atoms with van der Waals surface area (Å²) in [5, 5.41) is 12.1. The number of amides is 2. The van der Waals surface area contributed by atoms with Gasteiger partial charge in [-0.3, -0.25) is 10.1 Å². The fourth-order valence-electron chi connectivity index (χ4n) is 4.26. The number of carbonyl (C=O) groups is 2. The highest BCUT2D eigenvalue weighted by molar-refractivity contribution is 8.02. The summed E-state index contributed by atoms with van der Waals surface area (Å²) in [6.45, 7) is 3.95. The van der Waals surface area contributed by atoms with Gasteiger partial charge in [-0.1, -0.05) is 49.3 Å². The van der Waals surface area contributed by atoms with Crippen LogP contribution in [0.25, 0.3) is 0 Å². The number of nitrogens with one attached hydrogen (secondary N) is 1. The van der Waals surface area contributed by atoms with Crippen LogP contribution in [0.15, 0.2) is 10.4 Å². The number of urea groups is 1. The number of anilines is 1. The minimum atomic E-state index is -0.848. The van der Waals surface area contributed by atoms with Crippen molar-refractivity contribution in [3.63, 3.8) is 0 Å². The predicted octanol–water partition coefficient (Wildman–Crippen LogP) is 5.45. The molecule has 28 heavy (non-hydrogen) atoms. The van der Waals surface area contributed by atoms with E-state index in [1.165, 1.54) is 55.2 Å². The van der Waals surface area contributed by atoms with Crippen LogP contribution < -0.4 is 5.32 Å². The van der Waals surface area contributed by atoms with Crippen molar-refractivity contribution in [3.05, 3.63) is 6.20 Å². The molecule has 2 amide bonds. The largest absolute Gasteiger partial charge is 0.480 e. The lowest BCUT2D eigenvalue weighted by Gasteiger charge is -2.42. The van der Waals surface area contributed by atoms with Gasteiger partial charge in [0.25, 0.3) is 0 Å². The van der Waals surface area contributed by atoms with Crippen LogP contribution in [0, 0.1) is 5.92 Å². The lowest BCUT2D eigenvalue weighted by Crippen LogP contribution is -2.51. The van der Waals surface area contributed by atoms with Gasteiger partial charge in [0, 0.05) is 12.1 Å². The van der Waals surface area contributed by atoms with Crippen molar-refractivity contribution < 1.29 is 14.7 Å². The third kappa shape index (κ3) is 5.63. The standard InChI is InChI=1S/C20H31N3O3S2/c1-13-8-10-16(11-9-13)23(15-6-4-3-5-7-15)20(26)22-19-21-12-17(28-19)27-14(2)18(24)25/h12-16H,3-11H2,1-2H3,(H,24,25)(H,21,22,26)/t13?,14-,16?/m0/s1. The van der Waals surface area contributed by atoms with E-state index < -0.39 is 11.2 Å². The summed E-state index contributed by atoms with van der Waals surface area (Å²) in [7, 11) is 0. The number of nitrogens with zero attached hydrogens (tertiary/aromatic N) is 2. The Kier molecular flexibility index (Phi) is 7.62. The summed E-state index contributed by atoms with van der Waals surface area (Å²) >= 11 is 2.60. The molecule has 3 rings (SSSR count). The van der Waals surface area contributed by atoms with E-state index in [0.29, 0.717) is 17.2 Å². The number of aliphatic carboxylic acids is 1. The van der Waals surface area contributed by atoms with Gasteiger partial charge in [0.1, 0.15) is 5.25 Å². The van der Waals surface area contributed by atoms with Crippen LogP contribution in [0.5, 0.6) is 0 Å². The van der Waals surface area contributed by atoms with Crippen LogP contribution in [-0.2, 0) is 4.79 Å². The van der Waals surface area contributed by atoms with Crippen molar-refractivity contribution >= 4 is 40.2 Å². The van der Waals surface area contributed by atoms with Crippen molar-refractivity contribution in [3.8, 4) is 0 Å². The zero-order valence-electron chi connectivity index (χ0n) is 16.7. The molecule has 2 N–H and O–H groups in total. The molecule has 0 spiro atoms. The van der Waals surface area contributed by atoms with E-state index in [2.05, 4.69) is 22.1 Å². The second-order valence-corrected chi connectivity index (χ2v) is 10.8. The number of hydrogen-bond acceptors (Lipinski definition) is 5. The molecule has 2 fully saturated rings. The van der Waals surface area contributed by atoms with E-state index in [0.717, 1.165) is 35.8 Å². The Bertz CT molecular complexity index is 667. The number of thioether (sulfide) groups is 1. The minimum absolute atomic E-state index is 0.0383. The molecule has 0 bridgehead atoms. The van der Waals surface area contributed by atoms with Crippen LogP contribution in [0.1, 0.15) is 71.6 Å². The van der Waals surface area contributed by atoms with E-state index in [1.54, 1.807) is 13.1 Å². The lowest BCUT2D eigenvalue weighted by atomic mass is 9.84. The molecule has 1 aromatic rings. The number of carboxylic acids is 1. The van der Waals surface area contributed by atoms with Crippen LogP contribution >= 0.6 is 23.1 Å². The molecular formula is C20H31N3O3S2. The summed E-state index contributed by atoms with van der Waals surface area (Å²) in [4.78, 5) is 30.7. The van der Waals surface area contributed by atoms with Crippen molar-refractivity contribution in [1.29, 1.82) is 0 Å². The summed E-state index contributed by atoms with van der Waals surface area (Å²) in [6, 6.07) is 0.608. The number of hydrogen-bond donors (Lipinski definition) is 2. The molecule has 0 unspecified atom stereocenters. The Morgan fingerprint density at radius 1 is 1.18 bits per heavy atom. The molecule has 8 heteroatoms. The Morgan fingerprint density at radius 3 is 2.46 bits per heavy atom. The molecular weight excluding hydrogens is 394 g/mol. The molecule has 0 saturated heterocycles. The third-order valence-corrected chi connectivity index (χ3v) is 8.06. The van der Waals surface area contributed by atoms with E-state index >= 15 is 0 Å². The van der Waals surface area contributed by atoms with Crippen molar-refractivity contribution in [2.75, 3.05) is 5.32 Å². The maximum atomic E-state index is 13.2. The normalized spacial score (nSPS) is 24.5. The fraction of sp³-hybridized carbons (Fsp3) is 0.750. The molecule has 2 aliphatic rings. The minimum Gasteiger partial charge on any atom is -0.480 e. The lowest BCUT2D eigenvalue weighted by molar-refractivity contribution is -0.136. The Hall–Kier alpha value is -1.28. The maximum absolute atomic E-state index is 13.2. The van der Waals surface area contributed by atoms with E-state index in [-0.39, 0.29) is 6.03 Å². The first-order chi connectivity index (χ1) is 13.4. The highest BCUT2D eigenvalue weighted by atomic mass is 32.2. The Morgan fingerprint density at radius 2 is 1.82 bits per heavy atom. The zero-order chi connectivity index (χ0) is 20.1. The van der Waals surface area contributed by atoms with Crippen molar-refractivity contribution in [2.24, 2.45) is 5.92 Å². The second-order valence-electron chi connectivity index (χ2n) is 8.13. The average molecular weight is 426 g/mol. The van der Waals surface area contributed by atoms with Gasteiger partial charge < -0.3 is 10.0 Å². The van der Waals surface area contributed by atoms with Crippen molar-refractivity contribution in [1.82, 2.24) is 9.88 Å². The molecule has 2 aliphatic carbocycles. The van der Waals surface area contributed by atoms with Crippen LogP contribution in [0.2, 0.25) is 0 Å². The summed E-state index contributed by atoms with van der Waals surface area (Å²) in [5.41, 5.74) is 0. The van der Waals surface area contributed by atoms with Gasteiger partial charge in [0.15, 0.2) is 5.13 Å². The second kappa shape index (κ2) is 9.96. The van der Waals surface area contributed by atoms with Crippen LogP contribution in [0.3, 0.4) is 0 Å². The molecule has 0 aliphatic heterocycles. The predicted molar refractivity (Wildman–Crippen MR) is 114 cm³/mol. The summed E-state index contributed by atoms with van der Waals surface area (Å²) in [6.07, 6.45) is 12.0. The fourth-order valence-corrected chi connectivity index (χ4v) is 6.23. The first kappa shape index (κ1) is 21.4. The average Bonchev–Trinajstić information content (AvgIpc) is 3.11. The number of carbonyl (C=O) groups excluding carboxylic acids is 1. The van der Waals surface area contributed by atoms with Gasteiger partial charge in [-0.2, -0.15) is 0 Å². The first-order valence-electron chi connectivity index (χ1n) is 10.4. The third-order valence-electron chi connectivity index (χ3n) is 5.92. The Balaban J connectivity index is 1.67. The number of aromatic nitrogens is 1. The van der Waals surface area contributed by atoms with Gasteiger partial charge in [0.05, 0.1) is 10.4 Å². The smallest absolute Gasteiger partial charge is 0.324 e. The number of carboxylic acid groups (broad SMARTS) is 1. The molecule has 1 aromatic heterocycles. The van der Waals surface area contributed by atoms with Crippen LogP contribution in [-0.4, -0.2) is 44.3 Å². The Labute approximate surface area is 175 Å². The SMILES string of the molecule is CC1CCC(N(C(=O)Nc2ncc(S[C@@H](C)C(=O)O)s2)C2CCCCC2)CC1. The van der Waals surface area contributed by atoms with E-state index in [1.807, 2.05) is 0 Å². The van der Waals surface area contributed by atoms with Gasteiger partial charge in [-0.25, -0.2) is 9.78 Å². The highest BCUT2D eigenvalue weighted by Gasteiger charge is 2.34.